The van der Waals surface area contributed by atoms with Gasteiger partial charge in [0.2, 0.25) is 0 Å². The lowest BCUT2D eigenvalue weighted by molar-refractivity contribution is 0.625. The molecular formula is C5H14B2. The molecule has 7 heavy (non-hydrogen) atoms. The Morgan fingerprint density at radius 2 is 2.14 bits per heavy atom. The van der Waals surface area contributed by atoms with Gasteiger partial charge in [-0.3, -0.25) is 0 Å². The molecule has 0 aromatic heterocycles. The van der Waals surface area contributed by atoms with Crippen LogP contribution in [0.2, 0.25) is 6.32 Å². The van der Waals surface area contributed by atoms with Crippen LogP contribution in [0.4, 0.5) is 0 Å². The summed E-state index contributed by atoms with van der Waals surface area (Å²) in [4.78, 5) is 0. The van der Waals surface area contributed by atoms with Gasteiger partial charge in [0.25, 0.3) is 0 Å². The van der Waals surface area contributed by atoms with Crippen LogP contribution >= 0.6 is 0 Å². The molecule has 0 rings (SSSR count). The van der Waals surface area contributed by atoms with Crippen LogP contribution in [0.25, 0.3) is 0 Å². The second-order valence-corrected chi connectivity index (χ2v) is 2.54. The SMILES string of the molecule is BBCCC(C)C. The fraction of sp³-hybridized carbons (Fsp3) is 1.00. The van der Waals surface area contributed by atoms with E-state index in [0.717, 1.165) is 5.92 Å². The molecule has 0 spiro atoms. The van der Waals surface area contributed by atoms with Gasteiger partial charge in [-0.2, -0.15) is 0 Å². The van der Waals surface area contributed by atoms with Crippen LogP contribution in [0.15, 0.2) is 0 Å². The highest BCUT2D eigenvalue weighted by atomic mass is 13.9. The summed E-state index contributed by atoms with van der Waals surface area (Å²) in [5.74, 6) is 0.903. The molecule has 2 heteroatoms. The van der Waals surface area contributed by atoms with Crippen LogP contribution in [0.5, 0.6) is 0 Å². The Labute approximate surface area is 48.3 Å². The Hall–Kier alpha value is 0.130. The second kappa shape index (κ2) is 4.29. The molecule has 0 aliphatic carbocycles. The standard InChI is InChI=1S/C5H14B2/c1-5(2)3-4-7-6/h5,7H,3-4,6H2,1-2H3. The van der Waals surface area contributed by atoms with Crippen molar-refractivity contribution in [1.82, 2.24) is 0 Å². The molecule has 0 fully saturated rings. The molecule has 0 unspecified atom stereocenters. The zero-order valence-corrected chi connectivity index (χ0v) is 5.70. The van der Waals surface area contributed by atoms with Gasteiger partial charge in [-0.15, -0.1) is 0 Å². The minimum atomic E-state index is 0.903. The Bertz CT molecular complexity index is 35.1. The zero-order chi connectivity index (χ0) is 5.70. The molecule has 0 aromatic carbocycles. The summed E-state index contributed by atoms with van der Waals surface area (Å²) in [6, 6.07) is 0. The van der Waals surface area contributed by atoms with Crippen LogP contribution in [0, 0.1) is 5.92 Å². The van der Waals surface area contributed by atoms with Crippen LogP contribution in [-0.2, 0) is 0 Å². The van der Waals surface area contributed by atoms with E-state index in [1.807, 2.05) is 0 Å². The minimum Gasteiger partial charge on any atom is -0.0847 e. The Morgan fingerprint density at radius 1 is 1.57 bits per heavy atom. The quantitative estimate of drug-likeness (QED) is 0.447. The van der Waals surface area contributed by atoms with Gasteiger partial charge in [-0.25, -0.2) is 0 Å². The molecular weight excluding hydrogens is 81.7 g/mol. The van der Waals surface area contributed by atoms with Crippen LogP contribution in [-0.4, -0.2) is 14.9 Å². The Balaban J connectivity index is 2.68. The molecule has 0 aliphatic rings. The van der Waals surface area contributed by atoms with E-state index in [9.17, 15) is 0 Å². The molecule has 0 saturated heterocycles. The summed E-state index contributed by atoms with van der Waals surface area (Å²) in [5, 5.41) is 0. The predicted molar refractivity (Wildman–Crippen MR) is 40.0 cm³/mol. The van der Waals surface area contributed by atoms with Gasteiger partial charge in [-0.1, -0.05) is 26.6 Å². The van der Waals surface area contributed by atoms with Crippen molar-refractivity contribution in [3.63, 3.8) is 0 Å². The smallest absolute Gasteiger partial charge is 0.0821 e. The van der Waals surface area contributed by atoms with Gasteiger partial charge in [0, 0.05) is 0 Å². The summed E-state index contributed by atoms with van der Waals surface area (Å²) < 4.78 is 0. The van der Waals surface area contributed by atoms with Crippen molar-refractivity contribution in [2.24, 2.45) is 5.92 Å². The second-order valence-electron chi connectivity index (χ2n) is 2.54. The number of hydrogen-bond donors (Lipinski definition) is 0. The van der Waals surface area contributed by atoms with Gasteiger partial charge >= 0.3 is 0 Å². The molecule has 0 radical (unpaired) electrons. The van der Waals surface area contributed by atoms with Crippen LogP contribution in [0.3, 0.4) is 0 Å². The third kappa shape index (κ3) is 6.13. The highest BCUT2D eigenvalue weighted by molar-refractivity contribution is 6.89. The lowest BCUT2D eigenvalue weighted by Crippen LogP contribution is -1.91. The van der Waals surface area contributed by atoms with Gasteiger partial charge < -0.3 is 0 Å². The molecule has 0 amide bonds. The fourth-order valence-electron chi connectivity index (χ4n) is 0.612. The molecule has 0 aliphatic heterocycles. The van der Waals surface area contributed by atoms with Gasteiger partial charge in [0.15, 0.2) is 0 Å². The van der Waals surface area contributed by atoms with Crippen molar-refractivity contribution in [2.75, 3.05) is 0 Å². The maximum Gasteiger partial charge on any atom is 0.0821 e. The van der Waals surface area contributed by atoms with E-state index in [2.05, 4.69) is 21.6 Å². The number of hydrogen-bond acceptors (Lipinski definition) is 0. The third-order valence-electron chi connectivity index (χ3n) is 1.14. The van der Waals surface area contributed by atoms with Crippen molar-refractivity contribution in [2.45, 2.75) is 26.6 Å². The van der Waals surface area contributed by atoms with Gasteiger partial charge in [-0.05, 0) is 5.92 Å². The zero-order valence-electron chi connectivity index (χ0n) is 5.70. The molecule has 0 atom stereocenters. The highest BCUT2D eigenvalue weighted by Crippen LogP contribution is 2.01. The van der Waals surface area contributed by atoms with Gasteiger partial charge in [0.1, 0.15) is 0 Å². The Kier molecular flexibility index (Phi) is 4.37. The first-order valence-corrected chi connectivity index (χ1v) is 3.27. The van der Waals surface area contributed by atoms with Crippen molar-refractivity contribution in [1.29, 1.82) is 0 Å². The minimum absolute atomic E-state index is 0.903. The van der Waals surface area contributed by atoms with E-state index < -0.39 is 0 Å². The lowest BCUT2D eigenvalue weighted by Gasteiger charge is -1.98. The Morgan fingerprint density at radius 3 is 2.29 bits per heavy atom. The third-order valence-corrected chi connectivity index (χ3v) is 1.14. The van der Waals surface area contributed by atoms with Crippen molar-refractivity contribution < 1.29 is 0 Å². The van der Waals surface area contributed by atoms with Crippen molar-refractivity contribution in [3.8, 4) is 0 Å². The lowest BCUT2D eigenvalue weighted by atomic mass is 9.53. The normalized spacial score (nSPS) is 9.57. The van der Waals surface area contributed by atoms with Gasteiger partial charge in [0.05, 0.1) is 14.9 Å². The average molecular weight is 95.8 g/mol. The van der Waals surface area contributed by atoms with E-state index in [-0.39, 0.29) is 0 Å². The van der Waals surface area contributed by atoms with Crippen molar-refractivity contribution >= 4 is 14.9 Å². The molecule has 40 valence electrons. The van der Waals surface area contributed by atoms with E-state index in [4.69, 9.17) is 0 Å². The first-order chi connectivity index (χ1) is 3.27. The van der Waals surface area contributed by atoms with Crippen LogP contribution < -0.4 is 0 Å². The highest BCUT2D eigenvalue weighted by Gasteiger charge is 1.89. The average Bonchev–Trinajstić information content (AvgIpc) is 1.61. The number of rotatable bonds is 3. The van der Waals surface area contributed by atoms with E-state index >= 15 is 0 Å². The predicted octanol–water partition coefficient (Wildman–Crippen LogP) is 0.435. The van der Waals surface area contributed by atoms with Crippen LogP contribution in [0.1, 0.15) is 20.3 Å². The largest absolute Gasteiger partial charge is 0.0847 e. The van der Waals surface area contributed by atoms with E-state index in [1.165, 1.54) is 19.9 Å². The fourth-order valence-corrected chi connectivity index (χ4v) is 0.612. The summed E-state index contributed by atoms with van der Waals surface area (Å²) >= 11 is 0. The van der Waals surface area contributed by atoms with E-state index in [1.54, 1.807) is 0 Å². The summed E-state index contributed by atoms with van der Waals surface area (Å²) in [7, 11) is 3.58. The maximum absolute atomic E-state index is 2.27. The molecule has 0 saturated carbocycles. The first kappa shape index (κ1) is 7.13. The maximum atomic E-state index is 2.27. The molecule has 0 bridgehead atoms. The summed E-state index contributed by atoms with van der Waals surface area (Å²) in [6.07, 6.45) is 2.80. The van der Waals surface area contributed by atoms with E-state index in [0.29, 0.717) is 0 Å². The summed E-state index contributed by atoms with van der Waals surface area (Å²) in [5.41, 5.74) is 0. The first-order valence-electron chi connectivity index (χ1n) is 3.27. The molecule has 0 N–H and O–H groups in total. The molecule has 0 nitrogen and oxygen atoms in total. The molecule has 0 heterocycles. The van der Waals surface area contributed by atoms with Crippen molar-refractivity contribution in [3.05, 3.63) is 0 Å². The monoisotopic (exact) mass is 96.1 g/mol. The molecule has 0 aromatic rings. The summed E-state index contributed by atoms with van der Waals surface area (Å²) in [6.45, 7) is 4.55. The topological polar surface area (TPSA) is 0 Å².